The highest BCUT2D eigenvalue weighted by atomic mass is 15.4. The van der Waals surface area contributed by atoms with Crippen molar-refractivity contribution in [2.45, 2.75) is 45.6 Å². The first kappa shape index (κ1) is 10.8. The predicted octanol–water partition coefficient (Wildman–Crippen LogP) is 1.83. The van der Waals surface area contributed by atoms with Crippen LogP contribution in [0, 0.1) is 11.8 Å². The average molecular weight is 209 g/mol. The summed E-state index contributed by atoms with van der Waals surface area (Å²) in [6, 6.07) is 0. The second-order valence-electron chi connectivity index (χ2n) is 5.18. The number of hydrogen-bond acceptors (Lipinski definition) is 3. The standard InChI is InChI=1S/C12H23N3/c1-4-15-11(13)14-8-12(15)7-5-6-9(2)10(12)3/h9-10H,4-8H2,1-3H3,(H2,13,14). The van der Waals surface area contributed by atoms with Gasteiger partial charge in [0.25, 0.3) is 0 Å². The Morgan fingerprint density at radius 1 is 1.53 bits per heavy atom. The van der Waals surface area contributed by atoms with Gasteiger partial charge in [-0.3, -0.25) is 4.99 Å². The van der Waals surface area contributed by atoms with Gasteiger partial charge in [-0.25, -0.2) is 0 Å². The van der Waals surface area contributed by atoms with E-state index in [1.54, 1.807) is 0 Å². The molecule has 1 spiro atoms. The molecule has 2 N–H and O–H groups in total. The summed E-state index contributed by atoms with van der Waals surface area (Å²) in [4.78, 5) is 6.81. The molecule has 0 saturated heterocycles. The zero-order chi connectivity index (χ0) is 11.1. The van der Waals surface area contributed by atoms with Crippen LogP contribution in [0.25, 0.3) is 0 Å². The third-order valence-electron chi connectivity index (χ3n) is 4.62. The van der Waals surface area contributed by atoms with Crippen LogP contribution in [-0.4, -0.2) is 29.5 Å². The molecule has 3 nitrogen and oxygen atoms in total. The number of aliphatic imine (C=N–C) groups is 1. The molecule has 0 aromatic carbocycles. The van der Waals surface area contributed by atoms with E-state index in [9.17, 15) is 0 Å². The summed E-state index contributed by atoms with van der Waals surface area (Å²) in [6.07, 6.45) is 3.95. The molecule has 3 atom stereocenters. The van der Waals surface area contributed by atoms with Gasteiger partial charge in [0, 0.05) is 6.54 Å². The van der Waals surface area contributed by atoms with Gasteiger partial charge in [-0.2, -0.15) is 0 Å². The Balaban J connectivity index is 2.26. The van der Waals surface area contributed by atoms with Crippen molar-refractivity contribution in [1.82, 2.24) is 4.90 Å². The van der Waals surface area contributed by atoms with Crippen LogP contribution in [0.2, 0.25) is 0 Å². The third kappa shape index (κ3) is 1.44. The second-order valence-corrected chi connectivity index (χ2v) is 5.18. The Morgan fingerprint density at radius 2 is 2.27 bits per heavy atom. The Morgan fingerprint density at radius 3 is 2.93 bits per heavy atom. The van der Waals surface area contributed by atoms with Gasteiger partial charge in [0.2, 0.25) is 0 Å². The maximum absolute atomic E-state index is 5.98. The van der Waals surface area contributed by atoms with E-state index in [-0.39, 0.29) is 5.54 Å². The minimum atomic E-state index is 0.247. The van der Waals surface area contributed by atoms with Crippen molar-refractivity contribution in [2.24, 2.45) is 22.6 Å². The third-order valence-corrected chi connectivity index (χ3v) is 4.62. The van der Waals surface area contributed by atoms with Crippen molar-refractivity contribution >= 4 is 5.96 Å². The van der Waals surface area contributed by atoms with Crippen LogP contribution in [0.15, 0.2) is 4.99 Å². The van der Waals surface area contributed by atoms with Crippen molar-refractivity contribution in [2.75, 3.05) is 13.1 Å². The van der Waals surface area contributed by atoms with Crippen molar-refractivity contribution in [1.29, 1.82) is 0 Å². The molecule has 0 bridgehead atoms. The van der Waals surface area contributed by atoms with E-state index >= 15 is 0 Å². The summed E-state index contributed by atoms with van der Waals surface area (Å²) in [5.41, 5.74) is 6.23. The fourth-order valence-corrected chi connectivity index (χ4v) is 3.43. The van der Waals surface area contributed by atoms with Crippen LogP contribution in [-0.2, 0) is 0 Å². The van der Waals surface area contributed by atoms with Crippen LogP contribution in [0.5, 0.6) is 0 Å². The van der Waals surface area contributed by atoms with E-state index in [1.165, 1.54) is 19.3 Å². The van der Waals surface area contributed by atoms with E-state index in [4.69, 9.17) is 5.73 Å². The molecule has 3 unspecified atom stereocenters. The van der Waals surface area contributed by atoms with Crippen molar-refractivity contribution in [3.05, 3.63) is 0 Å². The number of likely N-dealkylation sites (N-methyl/N-ethyl adjacent to an activating group) is 1. The van der Waals surface area contributed by atoms with Gasteiger partial charge >= 0.3 is 0 Å². The minimum absolute atomic E-state index is 0.247. The number of nitrogens with two attached hydrogens (primary N) is 1. The second kappa shape index (κ2) is 3.69. The lowest BCUT2D eigenvalue weighted by molar-refractivity contribution is 0.0511. The van der Waals surface area contributed by atoms with Crippen molar-refractivity contribution in [3.63, 3.8) is 0 Å². The van der Waals surface area contributed by atoms with Gasteiger partial charge in [-0.1, -0.05) is 26.7 Å². The van der Waals surface area contributed by atoms with Crippen molar-refractivity contribution in [3.8, 4) is 0 Å². The largest absolute Gasteiger partial charge is 0.370 e. The molecule has 0 aromatic rings. The van der Waals surface area contributed by atoms with Gasteiger partial charge in [0.15, 0.2) is 5.96 Å². The molecule has 2 aliphatic rings. The summed E-state index contributed by atoms with van der Waals surface area (Å²) in [6.45, 7) is 8.83. The molecule has 3 heteroatoms. The van der Waals surface area contributed by atoms with Gasteiger partial charge in [-0.15, -0.1) is 0 Å². The topological polar surface area (TPSA) is 41.6 Å². The maximum Gasteiger partial charge on any atom is 0.191 e. The Kier molecular flexibility index (Phi) is 2.65. The van der Waals surface area contributed by atoms with Crippen LogP contribution < -0.4 is 5.73 Å². The molecule has 1 aliphatic carbocycles. The summed E-state index contributed by atoms with van der Waals surface area (Å²) in [5.74, 6) is 2.27. The highest BCUT2D eigenvalue weighted by molar-refractivity contribution is 5.81. The lowest BCUT2D eigenvalue weighted by Crippen LogP contribution is -2.58. The highest BCUT2D eigenvalue weighted by Gasteiger charge is 2.48. The molecule has 0 amide bonds. The molecule has 1 heterocycles. The quantitative estimate of drug-likeness (QED) is 0.716. The first-order valence-electron chi connectivity index (χ1n) is 6.19. The van der Waals surface area contributed by atoms with Crippen LogP contribution in [0.1, 0.15) is 40.0 Å². The lowest BCUT2D eigenvalue weighted by Gasteiger charge is -2.49. The SMILES string of the molecule is CCN1C(N)=NCC12CCCC(C)C2C. The van der Waals surface area contributed by atoms with E-state index < -0.39 is 0 Å². The van der Waals surface area contributed by atoms with E-state index in [0.29, 0.717) is 5.92 Å². The molecule has 0 aromatic heterocycles. The molecule has 1 fully saturated rings. The fraction of sp³-hybridized carbons (Fsp3) is 0.917. The molecule has 1 aliphatic heterocycles. The van der Waals surface area contributed by atoms with Gasteiger partial charge in [0.1, 0.15) is 0 Å². The molecule has 15 heavy (non-hydrogen) atoms. The van der Waals surface area contributed by atoms with Crippen LogP contribution >= 0.6 is 0 Å². The molecule has 0 radical (unpaired) electrons. The molecule has 86 valence electrons. The van der Waals surface area contributed by atoms with E-state index in [0.717, 1.165) is 25.0 Å². The molecular weight excluding hydrogens is 186 g/mol. The monoisotopic (exact) mass is 209 g/mol. The first-order valence-corrected chi connectivity index (χ1v) is 6.19. The zero-order valence-electron chi connectivity index (χ0n) is 10.2. The number of hydrogen-bond donors (Lipinski definition) is 1. The van der Waals surface area contributed by atoms with Gasteiger partial charge in [0.05, 0.1) is 12.1 Å². The normalized spacial score (nSPS) is 41.0. The first-order chi connectivity index (χ1) is 7.12. The summed E-state index contributed by atoms with van der Waals surface area (Å²) in [7, 11) is 0. The maximum atomic E-state index is 5.98. The van der Waals surface area contributed by atoms with E-state index in [2.05, 4.69) is 30.7 Å². The molecule has 1 saturated carbocycles. The van der Waals surface area contributed by atoms with E-state index in [1.807, 2.05) is 0 Å². The van der Waals surface area contributed by atoms with Gasteiger partial charge in [-0.05, 0) is 25.2 Å². The molecular formula is C12H23N3. The number of nitrogens with zero attached hydrogens (tertiary/aromatic N) is 2. The lowest BCUT2D eigenvalue weighted by atomic mass is 9.68. The van der Waals surface area contributed by atoms with Crippen LogP contribution in [0.4, 0.5) is 0 Å². The summed E-state index contributed by atoms with van der Waals surface area (Å²) in [5, 5.41) is 0. The summed E-state index contributed by atoms with van der Waals surface area (Å²) >= 11 is 0. The smallest absolute Gasteiger partial charge is 0.191 e. The van der Waals surface area contributed by atoms with Crippen LogP contribution in [0.3, 0.4) is 0 Å². The summed E-state index contributed by atoms with van der Waals surface area (Å²) < 4.78 is 0. The Bertz CT molecular complexity index is 274. The minimum Gasteiger partial charge on any atom is -0.370 e. The Labute approximate surface area is 92.7 Å². The zero-order valence-corrected chi connectivity index (χ0v) is 10.2. The predicted molar refractivity (Wildman–Crippen MR) is 63.8 cm³/mol. The molecule has 2 rings (SSSR count). The fourth-order valence-electron chi connectivity index (χ4n) is 3.43. The highest BCUT2D eigenvalue weighted by Crippen LogP contribution is 2.43. The average Bonchev–Trinajstić information content (AvgIpc) is 2.53. The van der Waals surface area contributed by atoms with Gasteiger partial charge < -0.3 is 10.6 Å². The Hall–Kier alpha value is -0.730. The van der Waals surface area contributed by atoms with Crippen molar-refractivity contribution < 1.29 is 0 Å². The number of guanidine groups is 1. The number of rotatable bonds is 1.